The maximum absolute atomic E-state index is 12.8. The van der Waals surface area contributed by atoms with Crippen molar-refractivity contribution in [3.63, 3.8) is 0 Å². The SMILES string of the molecule is CCOC(=O)Nc1cc(S(=O)(=O)Nc2ccc(C)cc2C)ccc1OCC. The van der Waals surface area contributed by atoms with Crippen molar-refractivity contribution < 1.29 is 22.7 Å². The molecule has 8 heteroatoms. The van der Waals surface area contributed by atoms with E-state index in [1.165, 1.54) is 18.2 Å². The van der Waals surface area contributed by atoms with E-state index in [9.17, 15) is 13.2 Å². The lowest BCUT2D eigenvalue weighted by Gasteiger charge is -2.15. The number of nitrogens with one attached hydrogen (secondary N) is 2. The van der Waals surface area contributed by atoms with Gasteiger partial charge in [0.15, 0.2) is 0 Å². The minimum absolute atomic E-state index is 0.00211. The van der Waals surface area contributed by atoms with Gasteiger partial charge in [-0.3, -0.25) is 10.0 Å². The van der Waals surface area contributed by atoms with Gasteiger partial charge in [0, 0.05) is 0 Å². The molecule has 2 aromatic rings. The molecule has 2 aromatic carbocycles. The molecule has 0 spiro atoms. The largest absolute Gasteiger partial charge is 0.492 e. The predicted molar refractivity (Wildman–Crippen MR) is 105 cm³/mol. The number of sulfonamides is 1. The quantitative estimate of drug-likeness (QED) is 0.741. The van der Waals surface area contributed by atoms with E-state index in [4.69, 9.17) is 9.47 Å². The Kier molecular flexibility index (Phi) is 6.68. The molecule has 0 bridgehead atoms. The zero-order valence-corrected chi connectivity index (χ0v) is 16.6. The van der Waals surface area contributed by atoms with Gasteiger partial charge in [-0.2, -0.15) is 0 Å². The molecule has 27 heavy (non-hydrogen) atoms. The first-order chi connectivity index (χ1) is 12.8. The second kappa shape index (κ2) is 8.77. The molecule has 0 saturated carbocycles. The molecule has 2 N–H and O–H groups in total. The first-order valence-electron chi connectivity index (χ1n) is 8.57. The number of ether oxygens (including phenoxy) is 2. The molecule has 0 fully saturated rings. The fourth-order valence-corrected chi connectivity index (χ4v) is 3.62. The Hall–Kier alpha value is -2.74. The topological polar surface area (TPSA) is 93.7 Å². The van der Waals surface area contributed by atoms with Crippen LogP contribution in [-0.2, 0) is 14.8 Å². The second-order valence-corrected chi connectivity index (χ2v) is 7.54. The zero-order valence-electron chi connectivity index (χ0n) is 15.8. The number of anilines is 2. The molecule has 2 rings (SSSR count). The van der Waals surface area contributed by atoms with Gasteiger partial charge in [-0.1, -0.05) is 17.7 Å². The van der Waals surface area contributed by atoms with Gasteiger partial charge in [-0.15, -0.1) is 0 Å². The van der Waals surface area contributed by atoms with Crippen molar-refractivity contribution in [2.24, 2.45) is 0 Å². The van der Waals surface area contributed by atoms with Crippen LogP contribution in [0, 0.1) is 13.8 Å². The summed E-state index contributed by atoms with van der Waals surface area (Å²) in [6.45, 7) is 7.80. The third kappa shape index (κ3) is 5.37. The highest BCUT2D eigenvalue weighted by Crippen LogP contribution is 2.29. The Morgan fingerprint density at radius 2 is 1.74 bits per heavy atom. The van der Waals surface area contributed by atoms with Crippen LogP contribution in [-0.4, -0.2) is 27.7 Å². The molecule has 1 amide bonds. The highest BCUT2D eigenvalue weighted by molar-refractivity contribution is 7.92. The lowest BCUT2D eigenvalue weighted by atomic mass is 10.1. The summed E-state index contributed by atoms with van der Waals surface area (Å²) in [5.41, 5.74) is 2.57. The average molecular weight is 392 g/mol. The van der Waals surface area contributed by atoms with Crippen LogP contribution in [0.15, 0.2) is 41.3 Å². The molecular formula is C19H24N2O5S. The van der Waals surface area contributed by atoms with Crippen molar-refractivity contribution in [2.45, 2.75) is 32.6 Å². The number of hydrogen-bond acceptors (Lipinski definition) is 5. The summed E-state index contributed by atoms with van der Waals surface area (Å²) in [4.78, 5) is 11.7. The third-order valence-corrected chi connectivity index (χ3v) is 5.06. The van der Waals surface area contributed by atoms with Crippen LogP contribution in [0.5, 0.6) is 5.75 Å². The van der Waals surface area contributed by atoms with Crippen LogP contribution in [0.3, 0.4) is 0 Å². The summed E-state index contributed by atoms with van der Waals surface area (Å²) < 4.78 is 38.4. The standard InChI is InChI=1S/C19H24N2O5S/c1-5-25-18-10-8-15(12-17(18)20-19(22)26-6-2)27(23,24)21-16-9-7-13(3)11-14(16)4/h7-12,21H,5-6H2,1-4H3,(H,20,22). The summed E-state index contributed by atoms with van der Waals surface area (Å²) in [7, 11) is -3.85. The van der Waals surface area contributed by atoms with Gasteiger partial charge in [0.25, 0.3) is 10.0 Å². The number of rotatable bonds is 7. The fraction of sp³-hybridized carbons (Fsp3) is 0.316. The van der Waals surface area contributed by atoms with Crippen LogP contribution in [0.2, 0.25) is 0 Å². The summed E-state index contributed by atoms with van der Waals surface area (Å²) >= 11 is 0. The summed E-state index contributed by atoms with van der Waals surface area (Å²) in [5, 5.41) is 2.51. The van der Waals surface area contributed by atoms with E-state index in [-0.39, 0.29) is 17.2 Å². The Bertz CT molecular complexity index is 926. The number of carbonyl (C=O) groups is 1. The average Bonchev–Trinajstić information content (AvgIpc) is 2.59. The van der Waals surface area contributed by atoms with Crippen molar-refractivity contribution in [1.29, 1.82) is 0 Å². The predicted octanol–water partition coefficient (Wildman–Crippen LogP) is 4.07. The monoisotopic (exact) mass is 392 g/mol. The Morgan fingerprint density at radius 1 is 1.00 bits per heavy atom. The number of aryl methyl sites for hydroxylation is 2. The van der Waals surface area contributed by atoms with Crippen LogP contribution in [0.4, 0.5) is 16.2 Å². The molecule has 0 aliphatic carbocycles. The van der Waals surface area contributed by atoms with Gasteiger partial charge < -0.3 is 9.47 Å². The number of benzene rings is 2. The van der Waals surface area contributed by atoms with E-state index in [2.05, 4.69) is 10.0 Å². The minimum atomic E-state index is -3.85. The van der Waals surface area contributed by atoms with E-state index in [1.807, 2.05) is 26.0 Å². The van der Waals surface area contributed by atoms with Gasteiger partial charge in [-0.05, 0) is 57.5 Å². The Labute approximate surface area is 159 Å². The van der Waals surface area contributed by atoms with Crippen LogP contribution < -0.4 is 14.8 Å². The van der Waals surface area contributed by atoms with Crippen molar-refractivity contribution in [1.82, 2.24) is 0 Å². The molecule has 146 valence electrons. The Balaban J connectivity index is 2.36. The second-order valence-electron chi connectivity index (χ2n) is 5.86. The molecule has 0 radical (unpaired) electrons. The maximum Gasteiger partial charge on any atom is 0.411 e. The van der Waals surface area contributed by atoms with Gasteiger partial charge >= 0.3 is 6.09 Å². The highest BCUT2D eigenvalue weighted by Gasteiger charge is 2.19. The molecule has 0 aromatic heterocycles. The molecule has 0 heterocycles. The molecule has 0 aliphatic heterocycles. The van der Waals surface area contributed by atoms with Gasteiger partial charge in [0.2, 0.25) is 0 Å². The maximum atomic E-state index is 12.8. The van der Waals surface area contributed by atoms with E-state index in [1.54, 1.807) is 19.9 Å². The number of carbonyl (C=O) groups excluding carboxylic acids is 1. The van der Waals surface area contributed by atoms with Crippen molar-refractivity contribution in [3.8, 4) is 5.75 Å². The normalized spacial score (nSPS) is 11.0. The number of hydrogen-bond donors (Lipinski definition) is 2. The summed E-state index contributed by atoms with van der Waals surface area (Å²) in [6, 6.07) is 9.71. The van der Waals surface area contributed by atoms with Gasteiger partial charge in [0.1, 0.15) is 5.75 Å². The van der Waals surface area contributed by atoms with E-state index in [0.29, 0.717) is 18.0 Å². The first-order valence-corrected chi connectivity index (χ1v) is 10.1. The summed E-state index contributed by atoms with van der Waals surface area (Å²) in [6.07, 6.45) is -0.685. The molecule has 0 saturated heterocycles. The van der Waals surface area contributed by atoms with E-state index >= 15 is 0 Å². The van der Waals surface area contributed by atoms with Crippen LogP contribution in [0.25, 0.3) is 0 Å². The van der Waals surface area contributed by atoms with Gasteiger partial charge in [-0.25, -0.2) is 13.2 Å². The molecule has 0 atom stereocenters. The highest BCUT2D eigenvalue weighted by atomic mass is 32.2. The molecule has 0 aliphatic rings. The first kappa shape index (κ1) is 20.6. The zero-order chi connectivity index (χ0) is 20.0. The smallest absolute Gasteiger partial charge is 0.411 e. The van der Waals surface area contributed by atoms with Crippen molar-refractivity contribution in [2.75, 3.05) is 23.3 Å². The minimum Gasteiger partial charge on any atom is -0.492 e. The van der Waals surface area contributed by atoms with Crippen molar-refractivity contribution >= 4 is 27.5 Å². The number of amides is 1. The van der Waals surface area contributed by atoms with Gasteiger partial charge in [0.05, 0.1) is 29.5 Å². The molecule has 0 unspecified atom stereocenters. The van der Waals surface area contributed by atoms with E-state index < -0.39 is 16.1 Å². The Morgan fingerprint density at radius 3 is 2.37 bits per heavy atom. The lowest BCUT2D eigenvalue weighted by Crippen LogP contribution is -2.17. The van der Waals surface area contributed by atoms with Crippen molar-refractivity contribution in [3.05, 3.63) is 47.5 Å². The lowest BCUT2D eigenvalue weighted by molar-refractivity contribution is 0.167. The van der Waals surface area contributed by atoms with Crippen LogP contribution >= 0.6 is 0 Å². The molecule has 7 nitrogen and oxygen atoms in total. The summed E-state index contributed by atoms with van der Waals surface area (Å²) in [5.74, 6) is 0.357. The fourth-order valence-electron chi connectivity index (χ4n) is 2.46. The third-order valence-electron chi connectivity index (χ3n) is 3.70. The molecular weight excluding hydrogens is 368 g/mol. The van der Waals surface area contributed by atoms with Crippen LogP contribution in [0.1, 0.15) is 25.0 Å². The van der Waals surface area contributed by atoms with E-state index in [0.717, 1.165) is 11.1 Å².